The summed E-state index contributed by atoms with van der Waals surface area (Å²) in [7, 11) is -3.30. The number of benzene rings is 2. The highest BCUT2D eigenvalue weighted by atomic mass is 32.2. The molecule has 0 radical (unpaired) electrons. The van der Waals surface area contributed by atoms with Gasteiger partial charge in [0.1, 0.15) is 12.5 Å². The topological polar surface area (TPSA) is 58.6 Å². The summed E-state index contributed by atoms with van der Waals surface area (Å²) < 4.78 is 31.4. The third-order valence-corrected chi connectivity index (χ3v) is 4.21. The van der Waals surface area contributed by atoms with Gasteiger partial charge in [0.15, 0.2) is 0 Å². The van der Waals surface area contributed by atoms with Gasteiger partial charge in [-0.1, -0.05) is 31.2 Å². The first kappa shape index (κ1) is 14.2. The van der Waals surface area contributed by atoms with E-state index in [4.69, 9.17) is 4.74 Å². The number of anilines is 1. The predicted molar refractivity (Wildman–Crippen MR) is 84.0 cm³/mol. The first-order valence-corrected chi connectivity index (χ1v) is 8.74. The van der Waals surface area contributed by atoms with Gasteiger partial charge < -0.3 is 4.74 Å². The van der Waals surface area contributed by atoms with E-state index >= 15 is 0 Å². The van der Waals surface area contributed by atoms with Gasteiger partial charge >= 0.3 is 0 Å². The van der Waals surface area contributed by atoms with Crippen molar-refractivity contribution in [1.82, 2.24) is 4.90 Å². The van der Waals surface area contributed by atoms with Crippen molar-refractivity contribution < 1.29 is 13.2 Å². The van der Waals surface area contributed by atoms with Gasteiger partial charge in [0.25, 0.3) is 0 Å². The molecule has 0 amide bonds. The zero-order chi connectivity index (χ0) is 15.0. The number of nitrogens with zero attached hydrogens (tertiary/aromatic N) is 1. The molecule has 21 heavy (non-hydrogen) atoms. The molecule has 0 unspecified atom stereocenters. The summed E-state index contributed by atoms with van der Waals surface area (Å²) in [5.74, 6) is 0.856. The molecular weight excluding hydrogens is 288 g/mol. The Morgan fingerprint density at radius 3 is 2.76 bits per heavy atom. The van der Waals surface area contributed by atoms with Crippen molar-refractivity contribution in [3.8, 4) is 5.75 Å². The van der Waals surface area contributed by atoms with Gasteiger partial charge in [0.2, 0.25) is 10.0 Å². The minimum atomic E-state index is -3.30. The fourth-order valence-electron chi connectivity index (χ4n) is 2.60. The van der Waals surface area contributed by atoms with E-state index in [9.17, 15) is 8.42 Å². The number of sulfonamides is 1. The Kier molecular flexibility index (Phi) is 3.51. The lowest BCUT2D eigenvalue weighted by Gasteiger charge is -2.29. The molecule has 0 atom stereocenters. The third kappa shape index (κ3) is 2.82. The van der Waals surface area contributed by atoms with Gasteiger partial charge in [-0.25, -0.2) is 8.42 Å². The van der Waals surface area contributed by atoms with Gasteiger partial charge in [0, 0.05) is 22.9 Å². The third-order valence-electron chi connectivity index (χ3n) is 3.62. The van der Waals surface area contributed by atoms with Crippen LogP contribution in [0.3, 0.4) is 0 Å². The van der Waals surface area contributed by atoms with Crippen LogP contribution in [0.25, 0.3) is 10.8 Å². The van der Waals surface area contributed by atoms with Gasteiger partial charge in [-0.2, -0.15) is 0 Å². The van der Waals surface area contributed by atoms with E-state index in [2.05, 4.69) is 16.5 Å². The van der Waals surface area contributed by atoms with E-state index < -0.39 is 10.0 Å². The Hall–Kier alpha value is -1.79. The maximum atomic E-state index is 11.5. The predicted octanol–water partition coefficient (Wildman–Crippen LogP) is 2.38. The second kappa shape index (κ2) is 5.20. The molecule has 0 aromatic heterocycles. The van der Waals surface area contributed by atoms with Crippen molar-refractivity contribution in [1.29, 1.82) is 0 Å². The highest BCUT2D eigenvalue weighted by molar-refractivity contribution is 7.92. The molecule has 6 heteroatoms. The van der Waals surface area contributed by atoms with Gasteiger partial charge in [-0.05, 0) is 12.6 Å². The molecule has 1 N–H and O–H groups in total. The maximum Gasteiger partial charge on any atom is 0.229 e. The number of ether oxygens (including phenoxy) is 1. The molecule has 3 rings (SSSR count). The van der Waals surface area contributed by atoms with Crippen LogP contribution in [-0.2, 0) is 16.6 Å². The van der Waals surface area contributed by atoms with Crippen LogP contribution in [0, 0.1) is 0 Å². The molecule has 0 saturated heterocycles. The summed E-state index contributed by atoms with van der Waals surface area (Å²) in [6.45, 7) is 4.45. The van der Waals surface area contributed by atoms with Crippen molar-refractivity contribution in [2.75, 3.05) is 24.3 Å². The highest BCUT2D eigenvalue weighted by Gasteiger charge is 2.19. The quantitative estimate of drug-likeness (QED) is 0.946. The number of nitrogens with one attached hydrogen (secondary N) is 1. The molecule has 1 heterocycles. The molecule has 0 spiro atoms. The lowest BCUT2D eigenvalue weighted by molar-refractivity contribution is 0.103. The number of fused-ring (bicyclic) bond motifs is 3. The second-order valence-corrected chi connectivity index (χ2v) is 7.00. The summed E-state index contributed by atoms with van der Waals surface area (Å²) in [5, 5.41) is 1.79. The van der Waals surface area contributed by atoms with Crippen LogP contribution in [-0.4, -0.2) is 32.8 Å². The fraction of sp³-hybridized carbons (Fsp3) is 0.333. The smallest absolute Gasteiger partial charge is 0.229 e. The minimum Gasteiger partial charge on any atom is -0.477 e. The van der Waals surface area contributed by atoms with Crippen LogP contribution >= 0.6 is 0 Å². The SMILES string of the molecule is CCN1COc2c(ccc3c(NS(C)(=O)=O)cccc23)C1. The lowest BCUT2D eigenvalue weighted by Crippen LogP contribution is -2.31. The van der Waals surface area contributed by atoms with Crippen LogP contribution in [0.5, 0.6) is 5.75 Å². The average molecular weight is 306 g/mol. The molecule has 1 aliphatic heterocycles. The standard InChI is InChI=1S/C15H18N2O3S/c1-3-17-9-11-7-8-12-13(15(11)20-10-17)5-4-6-14(12)16-21(2,18)19/h4-8,16H,3,9-10H2,1-2H3. The molecule has 2 aromatic carbocycles. The summed E-state index contributed by atoms with van der Waals surface area (Å²) in [4.78, 5) is 2.20. The average Bonchev–Trinajstić information content (AvgIpc) is 2.45. The number of hydrogen-bond acceptors (Lipinski definition) is 4. The van der Waals surface area contributed by atoms with Crippen molar-refractivity contribution in [2.24, 2.45) is 0 Å². The van der Waals surface area contributed by atoms with E-state index in [-0.39, 0.29) is 0 Å². The zero-order valence-corrected chi connectivity index (χ0v) is 12.9. The van der Waals surface area contributed by atoms with E-state index in [0.29, 0.717) is 12.4 Å². The summed E-state index contributed by atoms with van der Waals surface area (Å²) in [6, 6.07) is 9.52. The monoisotopic (exact) mass is 306 g/mol. The van der Waals surface area contributed by atoms with Crippen LogP contribution in [0.4, 0.5) is 5.69 Å². The Morgan fingerprint density at radius 1 is 1.24 bits per heavy atom. The van der Waals surface area contributed by atoms with E-state index in [1.54, 1.807) is 6.07 Å². The largest absolute Gasteiger partial charge is 0.477 e. The van der Waals surface area contributed by atoms with E-state index in [0.717, 1.165) is 41.4 Å². The normalized spacial score (nSPS) is 15.5. The highest BCUT2D eigenvalue weighted by Crippen LogP contribution is 2.36. The molecule has 1 aliphatic rings. The van der Waals surface area contributed by atoms with Crippen LogP contribution < -0.4 is 9.46 Å². The first-order valence-electron chi connectivity index (χ1n) is 6.85. The van der Waals surface area contributed by atoms with Crippen molar-refractivity contribution in [2.45, 2.75) is 13.5 Å². The molecule has 112 valence electrons. The zero-order valence-electron chi connectivity index (χ0n) is 12.1. The van der Waals surface area contributed by atoms with Crippen LogP contribution in [0.2, 0.25) is 0 Å². The second-order valence-electron chi connectivity index (χ2n) is 5.25. The molecule has 0 bridgehead atoms. The summed E-state index contributed by atoms with van der Waals surface area (Å²) >= 11 is 0. The van der Waals surface area contributed by atoms with E-state index in [1.165, 1.54) is 0 Å². The molecule has 0 fully saturated rings. The number of hydrogen-bond donors (Lipinski definition) is 1. The number of rotatable bonds is 3. The Labute approximate surface area is 124 Å². The van der Waals surface area contributed by atoms with Crippen LogP contribution in [0.15, 0.2) is 30.3 Å². The lowest BCUT2D eigenvalue weighted by atomic mass is 10.0. The molecule has 0 aliphatic carbocycles. The first-order chi connectivity index (χ1) is 9.98. The van der Waals surface area contributed by atoms with Gasteiger partial charge in [0.05, 0.1) is 11.9 Å². The minimum absolute atomic E-state index is 0.562. The van der Waals surface area contributed by atoms with Crippen molar-refractivity contribution in [3.63, 3.8) is 0 Å². The maximum absolute atomic E-state index is 11.5. The summed E-state index contributed by atoms with van der Waals surface area (Å²) in [6.07, 6.45) is 1.15. The fourth-order valence-corrected chi connectivity index (χ4v) is 3.18. The molecule has 5 nitrogen and oxygen atoms in total. The molecule has 0 saturated carbocycles. The van der Waals surface area contributed by atoms with Crippen molar-refractivity contribution in [3.05, 3.63) is 35.9 Å². The van der Waals surface area contributed by atoms with Gasteiger partial charge in [-0.15, -0.1) is 0 Å². The van der Waals surface area contributed by atoms with Crippen LogP contribution in [0.1, 0.15) is 12.5 Å². The molecular formula is C15H18N2O3S. The summed E-state index contributed by atoms with van der Waals surface area (Å²) in [5.41, 5.74) is 1.71. The molecule has 2 aromatic rings. The Morgan fingerprint density at radius 2 is 2.05 bits per heavy atom. The van der Waals surface area contributed by atoms with E-state index in [1.807, 2.05) is 24.3 Å². The Bertz CT molecular complexity index is 787. The Balaban J connectivity index is 2.12. The van der Waals surface area contributed by atoms with Crippen molar-refractivity contribution >= 4 is 26.5 Å². The van der Waals surface area contributed by atoms with Gasteiger partial charge in [-0.3, -0.25) is 9.62 Å².